The minimum absolute atomic E-state index is 0. The standard InChI is InChI=1S/C23H22FN7O2.C22H20FN7O2.2C20H18FN7O2.3CH4/c1-23(6-7-23)17-9-18(33-30-17)29-22(32)28-16-5-2-12(8-15(16)24)14-10-31(13-3-4-13)21-19(14)20(25)26-11-27-21;23-15-7-12(14-9-30(13-4-5-13)21-19(14)20(24)25-10-26-21)3-6-16(15)27-22(31)28-18-8-17(32-29-18)11-1-2-11;1-10-6-16(27-30-10)26-20(29)25-15-5-2-11(7-14(15)21)13-8-28(12-3-4-12)19-17(13)18(22)23-9-24-19;1-10-6-16(30-27-10)26-20(29)25-15-5-2-11(7-14(15)21)13-8-28(12-3-4-12)19-17(13)18(22)23-9-24-19;;;/h2,5,8-11,13H,3-4,6-7H2,1H3,(H2,25,26,27)(H2,28,29,32);3,6-11,13H,1-2,4-5H2,(H2,24,25,26)(H2,27,28,29,31);2,5-9,12H,3-4H2,1H3,(H2,22,23,24)(H2,25,26,27,29);2,5-9,12H,3-4H2,1H3,(H2,22,23,24)(H2,25,26,29);3*1H4. The molecule has 6 aliphatic rings. The van der Waals surface area contributed by atoms with Crippen molar-refractivity contribution in [3.05, 3.63) is 193 Å². The Balaban J connectivity index is 0.000000124. The molecule has 0 bridgehead atoms. The molecule has 658 valence electrons. The van der Waals surface area contributed by atoms with Gasteiger partial charge in [-0.25, -0.2) is 76.6 Å². The molecule has 22 rings (SSSR count). The first kappa shape index (κ1) is 85.7. The zero-order valence-corrected chi connectivity index (χ0v) is 67.0. The molecule has 4 aromatic carbocycles. The van der Waals surface area contributed by atoms with Gasteiger partial charge < -0.3 is 80.6 Å². The maximum absolute atomic E-state index is 14.9. The minimum Gasteiger partial charge on any atom is -0.383 e. The third-order valence-electron chi connectivity index (χ3n) is 22.3. The van der Waals surface area contributed by atoms with Gasteiger partial charge in [-0.15, -0.1) is 0 Å². The highest BCUT2D eigenvalue weighted by Crippen LogP contribution is 2.50. The molecule has 16 N–H and O–H groups in total. The molecule has 40 heteroatoms. The van der Waals surface area contributed by atoms with Gasteiger partial charge in [0.25, 0.3) is 0 Å². The van der Waals surface area contributed by atoms with E-state index in [1.54, 1.807) is 62.4 Å². The Morgan fingerprint density at radius 1 is 0.375 bits per heavy atom. The number of nitrogens with zero attached hydrogens (tertiary/aromatic N) is 16. The lowest BCUT2D eigenvalue weighted by molar-refractivity contribution is 0.260. The van der Waals surface area contributed by atoms with Crippen LogP contribution in [0.1, 0.15) is 159 Å². The van der Waals surface area contributed by atoms with Crippen LogP contribution in [0, 0.1) is 37.1 Å². The molecule has 6 saturated carbocycles. The summed E-state index contributed by atoms with van der Waals surface area (Å²) in [5.41, 5.74) is 34.6. The number of hydrogen-bond acceptors (Lipinski definition) is 24. The van der Waals surface area contributed by atoms with E-state index >= 15 is 0 Å². The Hall–Kier alpha value is -15.8. The molecule has 12 aromatic heterocycles. The van der Waals surface area contributed by atoms with Gasteiger partial charge >= 0.3 is 24.1 Å². The van der Waals surface area contributed by atoms with Crippen molar-refractivity contribution in [2.45, 2.75) is 156 Å². The van der Waals surface area contributed by atoms with Gasteiger partial charge in [0.1, 0.15) is 106 Å². The summed E-state index contributed by atoms with van der Waals surface area (Å²) in [5.74, 6) is 1.70. The van der Waals surface area contributed by atoms with Crippen molar-refractivity contribution in [2.24, 2.45) is 0 Å². The average molecular weight is 1740 g/mol. The van der Waals surface area contributed by atoms with Crippen molar-refractivity contribution in [1.29, 1.82) is 0 Å². The third kappa shape index (κ3) is 18.0. The molecule has 36 nitrogen and oxygen atoms in total. The molecule has 6 fully saturated rings. The van der Waals surface area contributed by atoms with E-state index in [1.807, 2.05) is 24.8 Å². The summed E-state index contributed by atoms with van der Waals surface area (Å²) in [4.78, 5) is 82.7. The summed E-state index contributed by atoms with van der Waals surface area (Å²) in [6.45, 7) is 5.52. The number of amides is 8. The summed E-state index contributed by atoms with van der Waals surface area (Å²) >= 11 is 0. The molecule has 0 spiro atoms. The third-order valence-corrected chi connectivity index (χ3v) is 22.3. The Kier molecular flexibility index (Phi) is 23.3. The number of urea groups is 4. The molecule has 0 unspecified atom stereocenters. The molecule has 128 heavy (non-hydrogen) atoms. The first-order valence-corrected chi connectivity index (χ1v) is 40.2. The van der Waals surface area contributed by atoms with Crippen LogP contribution in [0.3, 0.4) is 0 Å². The number of halogens is 4. The predicted molar refractivity (Wildman–Crippen MR) is 477 cm³/mol. The van der Waals surface area contributed by atoms with Gasteiger partial charge in [0.2, 0.25) is 11.8 Å². The zero-order chi connectivity index (χ0) is 86.2. The number of fused-ring (bicyclic) bond motifs is 4. The smallest absolute Gasteiger partial charge is 0.326 e. The topological polar surface area (TPSA) is 496 Å². The highest BCUT2D eigenvalue weighted by atomic mass is 19.1. The van der Waals surface area contributed by atoms with Gasteiger partial charge in [-0.3, -0.25) is 21.3 Å². The van der Waals surface area contributed by atoms with Gasteiger partial charge in [-0.2, -0.15) is 0 Å². The van der Waals surface area contributed by atoms with Gasteiger partial charge in [-0.05, 0) is 162 Å². The van der Waals surface area contributed by atoms with Crippen molar-refractivity contribution in [1.82, 2.24) is 78.8 Å². The highest BCUT2D eigenvalue weighted by molar-refractivity contribution is 6.07. The Labute approximate surface area is 726 Å². The number of carbonyl (C=O) groups is 4. The molecule has 6 aliphatic carbocycles. The van der Waals surface area contributed by atoms with Crippen LogP contribution in [-0.2, 0) is 5.41 Å². The maximum atomic E-state index is 14.9. The maximum Gasteiger partial charge on any atom is 0.326 e. The summed E-state index contributed by atoms with van der Waals surface area (Å²) in [6, 6.07) is 23.9. The van der Waals surface area contributed by atoms with Crippen LogP contribution in [0.5, 0.6) is 0 Å². The zero-order valence-electron chi connectivity index (χ0n) is 67.0. The lowest BCUT2D eigenvalue weighted by atomic mass is 10.1. The van der Waals surface area contributed by atoms with Crippen LogP contribution in [0.15, 0.2) is 165 Å². The quantitative estimate of drug-likeness (QED) is 0.0355. The number of hydrogen-bond donors (Lipinski definition) is 12. The second kappa shape index (κ2) is 34.7. The molecule has 16 aromatic rings. The molecule has 0 aliphatic heterocycles. The fourth-order valence-corrected chi connectivity index (χ4v) is 14.9. The number of rotatable bonds is 18. The van der Waals surface area contributed by atoms with Gasteiger partial charge in [-0.1, -0.05) is 74.1 Å². The van der Waals surface area contributed by atoms with E-state index in [-0.39, 0.29) is 68.0 Å². The SMILES string of the molecule is C.C.C.CC1(c2cc(NC(=O)Nc3ccc(-c4cn(C5CC5)c5ncnc(N)c45)cc3F)on2)CC1.Cc1cc(NC(=O)Nc2ccc(-c3cn(C4CC4)c4ncnc(N)c34)cc2F)no1.Cc1cc(NC(=O)Nc2ccc(-c3cn(C4CC4)c4ncnc(N)c34)cc2F)on1.Nc1ncnc2c1c(-c1ccc(NC(=O)Nc3cc(C4CC4)on3)c(F)c1)cn2C1CC1. The molecular formula is C88H90F4N28O8. The highest BCUT2D eigenvalue weighted by Gasteiger charge is 2.42. The van der Waals surface area contributed by atoms with Crippen molar-refractivity contribution in [3.63, 3.8) is 0 Å². The van der Waals surface area contributed by atoms with Crippen LogP contribution in [0.4, 0.5) is 106 Å². The first-order chi connectivity index (χ1) is 60.5. The summed E-state index contributed by atoms with van der Waals surface area (Å²) in [7, 11) is 0. The van der Waals surface area contributed by atoms with E-state index in [4.69, 9.17) is 41.0 Å². The summed E-state index contributed by atoms with van der Waals surface area (Å²) < 4.78 is 87.8. The number of carbonyl (C=O) groups excluding carboxylic acids is 4. The van der Waals surface area contributed by atoms with Crippen molar-refractivity contribution >= 4 is 138 Å². The number of nitrogen functional groups attached to an aromatic ring is 4. The fourth-order valence-electron chi connectivity index (χ4n) is 14.9. The molecule has 8 amide bonds. The average Bonchev–Trinajstić information content (AvgIpc) is 1.61. The lowest BCUT2D eigenvalue weighted by Gasteiger charge is -2.08. The largest absolute Gasteiger partial charge is 0.383 e. The summed E-state index contributed by atoms with van der Waals surface area (Å²) in [6.07, 6.45) is 26.3. The Morgan fingerprint density at radius 2 is 0.695 bits per heavy atom. The van der Waals surface area contributed by atoms with Crippen molar-refractivity contribution in [2.75, 3.05) is 65.5 Å². The number of aromatic nitrogens is 16. The van der Waals surface area contributed by atoms with Gasteiger partial charge in [0.05, 0.1) is 55.7 Å². The summed E-state index contributed by atoms with van der Waals surface area (Å²) in [5, 5.41) is 38.0. The van der Waals surface area contributed by atoms with Gasteiger partial charge in [0.15, 0.2) is 11.6 Å². The Bertz CT molecular complexity index is 6740. The van der Waals surface area contributed by atoms with E-state index in [9.17, 15) is 36.7 Å². The van der Waals surface area contributed by atoms with Gasteiger partial charge in [0, 0.05) is 107 Å². The fraction of sp³-hybridized carbons (Fsp3) is 0.273. The van der Waals surface area contributed by atoms with Crippen molar-refractivity contribution in [3.8, 4) is 44.5 Å². The first-order valence-electron chi connectivity index (χ1n) is 40.2. The number of nitrogens with one attached hydrogen (secondary N) is 8. The molecule has 0 atom stereocenters. The number of anilines is 12. The van der Waals surface area contributed by atoms with E-state index in [0.29, 0.717) is 114 Å². The molecular weight excluding hydrogens is 1650 g/mol. The van der Waals surface area contributed by atoms with E-state index in [1.165, 1.54) is 73.8 Å². The van der Waals surface area contributed by atoms with Crippen LogP contribution >= 0.6 is 0 Å². The normalized spacial score (nSPS) is 14.6. The second-order valence-electron chi connectivity index (χ2n) is 31.8. The van der Waals surface area contributed by atoms with Crippen LogP contribution in [-0.4, -0.2) is 103 Å². The monoisotopic (exact) mass is 1740 g/mol. The van der Waals surface area contributed by atoms with Crippen LogP contribution < -0.4 is 65.5 Å². The van der Waals surface area contributed by atoms with E-state index < -0.39 is 47.4 Å². The number of benzene rings is 4. The van der Waals surface area contributed by atoms with E-state index in [0.717, 1.165) is 133 Å². The molecule has 12 heterocycles. The van der Waals surface area contributed by atoms with Crippen molar-refractivity contribution < 1.29 is 54.8 Å². The number of aryl methyl sites for hydroxylation is 2. The second-order valence-corrected chi connectivity index (χ2v) is 31.8. The molecule has 0 radical (unpaired) electrons. The minimum atomic E-state index is -0.638. The van der Waals surface area contributed by atoms with Crippen LogP contribution in [0.2, 0.25) is 0 Å². The predicted octanol–water partition coefficient (Wildman–Crippen LogP) is 19.6. The Morgan fingerprint density at radius 3 is 0.992 bits per heavy atom. The van der Waals surface area contributed by atoms with Crippen LogP contribution in [0.25, 0.3) is 88.6 Å². The lowest BCUT2D eigenvalue weighted by Crippen LogP contribution is -2.20. The molecule has 0 saturated heterocycles. The van der Waals surface area contributed by atoms with E-state index in [2.05, 4.69) is 128 Å². The number of nitrogens with two attached hydrogens (primary N) is 4.